The van der Waals surface area contributed by atoms with Crippen LogP contribution in [-0.4, -0.2) is 36.2 Å². The highest BCUT2D eigenvalue weighted by atomic mass is 16.1. The van der Waals surface area contributed by atoms with Crippen LogP contribution in [-0.2, 0) is 6.54 Å². The van der Waals surface area contributed by atoms with E-state index in [0.29, 0.717) is 11.1 Å². The van der Waals surface area contributed by atoms with Gasteiger partial charge in [0.2, 0.25) is 0 Å². The van der Waals surface area contributed by atoms with Gasteiger partial charge >= 0.3 is 0 Å². The number of likely N-dealkylation sites (tertiary alicyclic amines) is 1. The highest BCUT2D eigenvalue weighted by molar-refractivity contribution is 5.95. The molecule has 1 saturated heterocycles. The molecular weight excluding hydrogens is 360 g/mol. The minimum absolute atomic E-state index is 0.0493. The van der Waals surface area contributed by atoms with Crippen LogP contribution >= 0.6 is 0 Å². The molecule has 0 radical (unpaired) electrons. The molecule has 1 atom stereocenters. The first-order chi connectivity index (χ1) is 14.2. The molecule has 4 rings (SSSR count). The fraction of sp³-hybridized carbons (Fsp3) is 0.200. The molecule has 1 fully saturated rings. The lowest BCUT2D eigenvalue weighted by atomic mass is 9.99. The van der Waals surface area contributed by atoms with Gasteiger partial charge in [0.15, 0.2) is 6.29 Å². The standard InChI is InChI=1S/C25H24N2O2/c28-18-22-8-4-5-9-24(22)20-10-12-21(13-11-20)25(29)26-23-14-15-27(17-23)16-19-6-2-1-3-7-19/h1-13,18,23H,14-17H2,(H,26,29). The van der Waals surface area contributed by atoms with Gasteiger partial charge in [-0.2, -0.15) is 0 Å². The van der Waals surface area contributed by atoms with E-state index in [1.54, 1.807) is 6.07 Å². The van der Waals surface area contributed by atoms with E-state index in [1.807, 2.05) is 48.5 Å². The summed E-state index contributed by atoms with van der Waals surface area (Å²) >= 11 is 0. The van der Waals surface area contributed by atoms with Gasteiger partial charge in [-0.05, 0) is 35.2 Å². The number of aldehydes is 1. The Hall–Kier alpha value is -3.24. The topological polar surface area (TPSA) is 49.4 Å². The molecule has 1 aliphatic rings. The molecule has 4 heteroatoms. The van der Waals surface area contributed by atoms with E-state index in [4.69, 9.17) is 0 Å². The highest BCUT2D eigenvalue weighted by Gasteiger charge is 2.24. The zero-order chi connectivity index (χ0) is 20.1. The van der Waals surface area contributed by atoms with Crippen LogP contribution < -0.4 is 5.32 Å². The monoisotopic (exact) mass is 384 g/mol. The lowest BCUT2D eigenvalue weighted by molar-refractivity contribution is 0.0937. The fourth-order valence-electron chi connectivity index (χ4n) is 3.87. The molecule has 1 unspecified atom stereocenters. The lowest BCUT2D eigenvalue weighted by Crippen LogP contribution is -2.36. The second kappa shape index (κ2) is 8.84. The van der Waals surface area contributed by atoms with Gasteiger partial charge in [-0.3, -0.25) is 14.5 Å². The summed E-state index contributed by atoms with van der Waals surface area (Å²) in [6, 6.07) is 25.5. The van der Waals surface area contributed by atoms with Crippen LogP contribution in [0.2, 0.25) is 0 Å². The summed E-state index contributed by atoms with van der Waals surface area (Å²) in [5.74, 6) is -0.0493. The fourth-order valence-corrected chi connectivity index (χ4v) is 3.87. The Morgan fingerprint density at radius 1 is 0.966 bits per heavy atom. The minimum Gasteiger partial charge on any atom is -0.348 e. The van der Waals surface area contributed by atoms with Crippen LogP contribution in [0, 0.1) is 0 Å². The van der Waals surface area contributed by atoms with Crippen molar-refractivity contribution >= 4 is 12.2 Å². The highest BCUT2D eigenvalue weighted by Crippen LogP contribution is 2.23. The maximum atomic E-state index is 12.7. The van der Waals surface area contributed by atoms with Crippen molar-refractivity contribution in [3.8, 4) is 11.1 Å². The molecule has 0 bridgehead atoms. The van der Waals surface area contributed by atoms with Gasteiger partial charge in [0.25, 0.3) is 5.91 Å². The van der Waals surface area contributed by atoms with E-state index < -0.39 is 0 Å². The maximum absolute atomic E-state index is 12.7. The zero-order valence-corrected chi connectivity index (χ0v) is 16.3. The third-order valence-electron chi connectivity index (χ3n) is 5.40. The number of carbonyl (C=O) groups excluding carboxylic acids is 2. The number of nitrogens with one attached hydrogen (secondary N) is 1. The Kier molecular flexibility index (Phi) is 5.82. The molecule has 3 aromatic carbocycles. The van der Waals surface area contributed by atoms with Gasteiger partial charge in [0.05, 0.1) is 0 Å². The molecule has 1 amide bonds. The Morgan fingerprint density at radius 2 is 1.69 bits per heavy atom. The van der Waals surface area contributed by atoms with E-state index in [2.05, 4.69) is 34.5 Å². The van der Waals surface area contributed by atoms with Crippen LogP contribution in [0.3, 0.4) is 0 Å². The first-order valence-corrected chi connectivity index (χ1v) is 9.95. The predicted molar refractivity (Wildman–Crippen MR) is 115 cm³/mol. The third-order valence-corrected chi connectivity index (χ3v) is 5.40. The summed E-state index contributed by atoms with van der Waals surface area (Å²) < 4.78 is 0. The van der Waals surface area contributed by atoms with Crippen molar-refractivity contribution in [3.63, 3.8) is 0 Å². The van der Waals surface area contributed by atoms with Gasteiger partial charge in [0, 0.05) is 36.8 Å². The smallest absolute Gasteiger partial charge is 0.251 e. The van der Waals surface area contributed by atoms with Crippen molar-refractivity contribution in [2.75, 3.05) is 13.1 Å². The molecule has 0 aliphatic carbocycles. The SMILES string of the molecule is O=Cc1ccccc1-c1ccc(C(=O)NC2CCN(Cc3ccccc3)C2)cc1. The number of benzene rings is 3. The molecule has 1 N–H and O–H groups in total. The minimum atomic E-state index is -0.0493. The predicted octanol–water partition coefficient (Wildman–Crippen LogP) is 4.17. The van der Waals surface area contributed by atoms with Crippen LogP contribution in [0.4, 0.5) is 0 Å². The molecule has 146 valence electrons. The molecule has 4 nitrogen and oxygen atoms in total. The summed E-state index contributed by atoms with van der Waals surface area (Å²) in [6.45, 7) is 2.77. The number of hydrogen-bond donors (Lipinski definition) is 1. The van der Waals surface area contributed by atoms with Gasteiger partial charge in [-0.25, -0.2) is 0 Å². The van der Waals surface area contributed by atoms with E-state index in [1.165, 1.54) is 5.56 Å². The maximum Gasteiger partial charge on any atom is 0.251 e. The zero-order valence-electron chi connectivity index (χ0n) is 16.3. The number of carbonyl (C=O) groups is 2. The van der Waals surface area contributed by atoms with Gasteiger partial charge < -0.3 is 5.32 Å². The summed E-state index contributed by atoms with van der Waals surface area (Å²) in [5.41, 5.74) is 4.39. The van der Waals surface area contributed by atoms with E-state index in [9.17, 15) is 9.59 Å². The lowest BCUT2D eigenvalue weighted by Gasteiger charge is -2.17. The number of amides is 1. The second-order valence-electron chi connectivity index (χ2n) is 7.46. The molecule has 0 spiro atoms. The number of hydrogen-bond acceptors (Lipinski definition) is 3. The average molecular weight is 384 g/mol. The first-order valence-electron chi connectivity index (χ1n) is 9.95. The van der Waals surface area contributed by atoms with Gasteiger partial charge in [0.1, 0.15) is 0 Å². The first kappa shape index (κ1) is 19.1. The number of nitrogens with zero attached hydrogens (tertiary/aromatic N) is 1. The van der Waals surface area contributed by atoms with Crippen LogP contribution in [0.25, 0.3) is 11.1 Å². The van der Waals surface area contributed by atoms with Crippen molar-refractivity contribution in [1.29, 1.82) is 0 Å². The number of rotatable bonds is 6. The van der Waals surface area contributed by atoms with E-state index >= 15 is 0 Å². The molecule has 1 aliphatic heterocycles. The second-order valence-corrected chi connectivity index (χ2v) is 7.46. The Morgan fingerprint density at radius 3 is 2.45 bits per heavy atom. The molecule has 0 aromatic heterocycles. The van der Waals surface area contributed by atoms with E-state index in [-0.39, 0.29) is 11.9 Å². The van der Waals surface area contributed by atoms with Crippen LogP contribution in [0.5, 0.6) is 0 Å². The van der Waals surface area contributed by atoms with Crippen molar-refractivity contribution in [2.24, 2.45) is 0 Å². The third kappa shape index (κ3) is 4.61. The van der Waals surface area contributed by atoms with Crippen molar-refractivity contribution < 1.29 is 9.59 Å². The summed E-state index contributed by atoms with van der Waals surface area (Å²) in [6.07, 6.45) is 1.82. The normalized spacial score (nSPS) is 16.5. The largest absolute Gasteiger partial charge is 0.348 e. The van der Waals surface area contributed by atoms with E-state index in [0.717, 1.165) is 43.5 Å². The average Bonchev–Trinajstić information content (AvgIpc) is 3.21. The molecule has 0 saturated carbocycles. The Balaban J connectivity index is 1.36. The molecule has 3 aromatic rings. The van der Waals surface area contributed by atoms with Crippen LogP contribution in [0.15, 0.2) is 78.9 Å². The van der Waals surface area contributed by atoms with Gasteiger partial charge in [-0.15, -0.1) is 0 Å². The van der Waals surface area contributed by atoms with Crippen LogP contribution in [0.1, 0.15) is 32.7 Å². The summed E-state index contributed by atoms with van der Waals surface area (Å²) in [4.78, 5) is 26.3. The summed E-state index contributed by atoms with van der Waals surface area (Å²) in [5, 5.41) is 3.16. The quantitative estimate of drug-likeness (QED) is 0.649. The van der Waals surface area contributed by atoms with Crippen molar-refractivity contribution in [2.45, 2.75) is 19.0 Å². The van der Waals surface area contributed by atoms with Gasteiger partial charge in [-0.1, -0.05) is 66.7 Å². The van der Waals surface area contributed by atoms with Crippen molar-refractivity contribution in [1.82, 2.24) is 10.2 Å². The molecule has 1 heterocycles. The molecular formula is C25H24N2O2. The summed E-state index contributed by atoms with van der Waals surface area (Å²) in [7, 11) is 0. The van der Waals surface area contributed by atoms with Crippen molar-refractivity contribution in [3.05, 3.63) is 95.6 Å². The Bertz CT molecular complexity index is 983. The Labute approximate surface area is 171 Å². The molecule has 29 heavy (non-hydrogen) atoms.